The third-order valence-corrected chi connectivity index (χ3v) is 2.41. The minimum absolute atomic E-state index is 0.146. The summed E-state index contributed by atoms with van der Waals surface area (Å²) in [5.41, 5.74) is 4.99. The van der Waals surface area contributed by atoms with Crippen molar-refractivity contribution in [2.75, 3.05) is 0 Å². The monoisotopic (exact) mass is 256 g/mol. The Morgan fingerprint density at radius 3 is 2.61 bits per heavy atom. The number of hydrogen-bond acceptors (Lipinski definition) is 3. The SMILES string of the molecule is Cc1nc(CN)nn1-c1cccc(C(F)(F)F)c1. The molecule has 0 fully saturated rings. The summed E-state index contributed by atoms with van der Waals surface area (Å²) in [5.74, 6) is 0.889. The largest absolute Gasteiger partial charge is 0.416 e. The molecule has 0 bridgehead atoms. The van der Waals surface area contributed by atoms with Crippen LogP contribution in [0.3, 0.4) is 0 Å². The molecule has 0 spiro atoms. The highest BCUT2D eigenvalue weighted by Gasteiger charge is 2.30. The maximum atomic E-state index is 12.6. The Kier molecular flexibility index (Phi) is 3.08. The number of rotatable bonds is 2. The van der Waals surface area contributed by atoms with Gasteiger partial charge in [0.25, 0.3) is 0 Å². The number of hydrogen-bond donors (Lipinski definition) is 1. The van der Waals surface area contributed by atoms with Crippen LogP contribution in [0, 0.1) is 6.92 Å². The molecule has 0 aliphatic rings. The zero-order chi connectivity index (χ0) is 13.3. The Hall–Kier alpha value is -1.89. The molecule has 96 valence electrons. The number of halogens is 3. The van der Waals surface area contributed by atoms with Crippen molar-refractivity contribution in [1.29, 1.82) is 0 Å². The summed E-state index contributed by atoms with van der Waals surface area (Å²) >= 11 is 0. The van der Waals surface area contributed by atoms with Gasteiger partial charge >= 0.3 is 6.18 Å². The first-order valence-electron chi connectivity index (χ1n) is 5.22. The van der Waals surface area contributed by atoms with Gasteiger partial charge in [-0.25, -0.2) is 9.67 Å². The highest BCUT2D eigenvalue weighted by Crippen LogP contribution is 2.30. The van der Waals surface area contributed by atoms with Gasteiger partial charge in [-0.2, -0.15) is 13.2 Å². The van der Waals surface area contributed by atoms with E-state index < -0.39 is 11.7 Å². The Labute approximate surface area is 101 Å². The van der Waals surface area contributed by atoms with Gasteiger partial charge < -0.3 is 5.73 Å². The lowest BCUT2D eigenvalue weighted by molar-refractivity contribution is -0.137. The van der Waals surface area contributed by atoms with Crippen molar-refractivity contribution < 1.29 is 13.2 Å². The van der Waals surface area contributed by atoms with Crippen LogP contribution in [-0.4, -0.2) is 14.8 Å². The molecule has 0 aliphatic heterocycles. The highest BCUT2D eigenvalue weighted by molar-refractivity contribution is 5.37. The van der Waals surface area contributed by atoms with Gasteiger partial charge in [-0.15, -0.1) is 5.10 Å². The third-order valence-electron chi connectivity index (χ3n) is 2.41. The van der Waals surface area contributed by atoms with Crippen molar-refractivity contribution in [2.24, 2.45) is 5.73 Å². The molecular formula is C11H11F3N4. The molecule has 2 N–H and O–H groups in total. The average molecular weight is 256 g/mol. The third kappa shape index (κ3) is 2.35. The van der Waals surface area contributed by atoms with E-state index in [0.717, 1.165) is 12.1 Å². The van der Waals surface area contributed by atoms with E-state index in [1.807, 2.05) is 0 Å². The van der Waals surface area contributed by atoms with Crippen LogP contribution in [0.4, 0.5) is 13.2 Å². The number of nitrogens with two attached hydrogens (primary N) is 1. The molecule has 0 amide bonds. The average Bonchev–Trinajstić information content (AvgIpc) is 2.70. The second-order valence-corrected chi connectivity index (χ2v) is 3.74. The number of benzene rings is 1. The molecule has 1 aromatic heterocycles. The topological polar surface area (TPSA) is 56.7 Å². The second-order valence-electron chi connectivity index (χ2n) is 3.74. The first-order chi connectivity index (χ1) is 8.41. The molecule has 0 unspecified atom stereocenters. The first kappa shape index (κ1) is 12.6. The van der Waals surface area contributed by atoms with E-state index in [4.69, 9.17) is 5.73 Å². The lowest BCUT2D eigenvalue weighted by Crippen LogP contribution is -2.07. The van der Waals surface area contributed by atoms with Crippen LogP contribution in [0.25, 0.3) is 5.69 Å². The summed E-state index contributed by atoms with van der Waals surface area (Å²) in [5, 5.41) is 4.03. The zero-order valence-electron chi connectivity index (χ0n) is 9.57. The maximum absolute atomic E-state index is 12.6. The predicted octanol–water partition coefficient (Wildman–Crippen LogP) is 2.05. The van der Waals surface area contributed by atoms with Crippen LogP contribution in [0.1, 0.15) is 17.2 Å². The molecule has 0 radical (unpaired) electrons. The molecule has 0 aliphatic carbocycles. The van der Waals surface area contributed by atoms with Gasteiger partial charge in [-0.1, -0.05) is 6.07 Å². The van der Waals surface area contributed by atoms with Gasteiger partial charge in [0.1, 0.15) is 5.82 Å². The molecule has 18 heavy (non-hydrogen) atoms. The summed E-state index contributed by atoms with van der Waals surface area (Å²) < 4.78 is 39.1. The zero-order valence-corrected chi connectivity index (χ0v) is 9.57. The van der Waals surface area contributed by atoms with Crippen LogP contribution >= 0.6 is 0 Å². The van der Waals surface area contributed by atoms with Gasteiger partial charge in [0, 0.05) is 0 Å². The fourth-order valence-electron chi connectivity index (χ4n) is 1.59. The van der Waals surface area contributed by atoms with Crippen LogP contribution in [0.15, 0.2) is 24.3 Å². The van der Waals surface area contributed by atoms with Gasteiger partial charge in [-0.05, 0) is 25.1 Å². The van der Waals surface area contributed by atoms with Crippen molar-refractivity contribution >= 4 is 0 Å². The van der Waals surface area contributed by atoms with Crippen molar-refractivity contribution in [1.82, 2.24) is 14.8 Å². The standard InChI is InChI=1S/C11H11F3N4/c1-7-16-10(6-15)17-18(7)9-4-2-3-8(5-9)11(12,13)14/h2-5H,6,15H2,1H3. The Bertz CT molecular complexity index is 560. The van der Waals surface area contributed by atoms with Gasteiger partial charge in [0.05, 0.1) is 17.8 Å². The van der Waals surface area contributed by atoms with Crippen LogP contribution in [0.2, 0.25) is 0 Å². The Balaban J connectivity index is 2.47. The van der Waals surface area contributed by atoms with E-state index in [-0.39, 0.29) is 6.54 Å². The maximum Gasteiger partial charge on any atom is 0.416 e. The summed E-state index contributed by atoms with van der Waals surface area (Å²) in [7, 11) is 0. The molecule has 0 atom stereocenters. The van der Waals surface area contributed by atoms with E-state index in [1.54, 1.807) is 6.92 Å². The van der Waals surface area contributed by atoms with E-state index >= 15 is 0 Å². The first-order valence-corrected chi connectivity index (χ1v) is 5.22. The molecular weight excluding hydrogens is 245 g/mol. The van der Waals surface area contributed by atoms with Crippen molar-refractivity contribution in [2.45, 2.75) is 19.6 Å². The van der Waals surface area contributed by atoms with Gasteiger partial charge in [0.15, 0.2) is 5.82 Å². The molecule has 4 nitrogen and oxygen atoms in total. The minimum Gasteiger partial charge on any atom is -0.324 e. The van der Waals surface area contributed by atoms with Crippen molar-refractivity contribution in [3.8, 4) is 5.69 Å². The normalized spacial score (nSPS) is 11.8. The molecule has 7 heteroatoms. The van der Waals surface area contributed by atoms with Gasteiger partial charge in [-0.3, -0.25) is 0 Å². The summed E-state index contributed by atoms with van der Waals surface area (Å²) in [6, 6.07) is 4.92. The van der Waals surface area contributed by atoms with Gasteiger partial charge in [0.2, 0.25) is 0 Å². The summed E-state index contributed by atoms with van der Waals surface area (Å²) in [6.07, 6.45) is -4.37. The highest BCUT2D eigenvalue weighted by atomic mass is 19.4. The predicted molar refractivity (Wildman–Crippen MR) is 59.0 cm³/mol. The minimum atomic E-state index is -4.37. The molecule has 2 aromatic rings. The molecule has 2 rings (SSSR count). The van der Waals surface area contributed by atoms with Crippen LogP contribution < -0.4 is 5.73 Å². The second kappa shape index (κ2) is 4.41. The van der Waals surface area contributed by atoms with E-state index in [9.17, 15) is 13.2 Å². The number of nitrogens with zero attached hydrogens (tertiary/aromatic N) is 3. The number of alkyl halides is 3. The lowest BCUT2D eigenvalue weighted by atomic mass is 10.2. The Morgan fingerprint density at radius 1 is 1.33 bits per heavy atom. The number of aromatic nitrogens is 3. The lowest BCUT2D eigenvalue weighted by Gasteiger charge is -2.09. The van der Waals surface area contributed by atoms with E-state index in [1.165, 1.54) is 16.8 Å². The molecule has 1 heterocycles. The van der Waals surface area contributed by atoms with Crippen molar-refractivity contribution in [3.05, 3.63) is 41.5 Å². The fraction of sp³-hybridized carbons (Fsp3) is 0.273. The molecule has 0 saturated heterocycles. The molecule has 0 saturated carbocycles. The van der Waals surface area contributed by atoms with E-state index in [2.05, 4.69) is 10.1 Å². The number of aryl methyl sites for hydroxylation is 1. The van der Waals surface area contributed by atoms with E-state index in [0.29, 0.717) is 17.3 Å². The van der Waals surface area contributed by atoms with Crippen molar-refractivity contribution in [3.63, 3.8) is 0 Å². The summed E-state index contributed by atoms with van der Waals surface area (Å²) in [4.78, 5) is 4.04. The molecule has 1 aromatic carbocycles. The van der Waals surface area contributed by atoms with Crippen LogP contribution in [0.5, 0.6) is 0 Å². The smallest absolute Gasteiger partial charge is 0.324 e. The fourth-order valence-corrected chi connectivity index (χ4v) is 1.59. The Morgan fingerprint density at radius 2 is 2.06 bits per heavy atom. The quantitative estimate of drug-likeness (QED) is 0.894. The van der Waals surface area contributed by atoms with Crippen LogP contribution in [-0.2, 0) is 12.7 Å². The summed E-state index contributed by atoms with van der Waals surface area (Å²) in [6.45, 7) is 1.80.